The van der Waals surface area contributed by atoms with Gasteiger partial charge in [0.1, 0.15) is 0 Å². The Labute approximate surface area is 124 Å². The third-order valence-corrected chi connectivity index (χ3v) is 3.28. The standard InChI is InChI=1S/C16H17ClN2O/c1-19(12-13-4-3-8-18-11-13)9-7-16(20)14-5-2-6-15(17)10-14/h2-6,8,10-11H,7,9,12H2,1H3. The summed E-state index contributed by atoms with van der Waals surface area (Å²) in [6, 6.07) is 11.0. The van der Waals surface area contributed by atoms with E-state index in [1.807, 2.05) is 25.4 Å². The third-order valence-electron chi connectivity index (χ3n) is 3.04. The first kappa shape index (κ1) is 14.7. The van der Waals surface area contributed by atoms with Crippen LogP contribution in [0, 0.1) is 0 Å². The Bertz CT molecular complexity index is 572. The summed E-state index contributed by atoms with van der Waals surface area (Å²) < 4.78 is 0. The predicted octanol–water partition coefficient (Wildman–Crippen LogP) is 3.44. The molecule has 20 heavy (non-hydrogen) atoms. The lowest BCUT2D eigenvalue weighted by molar-refractivity contribution is 0.0968. The van der Waals surface area contributed by atoms with E-state index in [4.69, 9.17) is 11.6 Å². The molecule has 4 heteroatoms. The van der Waals surface area contributed by atoms with Gasteiger partial charge in [-0.15, -0.1) is 0 Å². The molecule has 0 fully saturated rings. The fraction of sp³-hybridized carbons (Fsp3) is 0.250. The SMILES string of the molecule is CN(CCC(=O)c1cccc(Cl)c1)Cc1cccnc1. The first-order valence-corrected chi connectivity index (χ1v) is 6.89. The number of carbonyl (C=O) groups is 1. The minimum Gasteiger partial charge on any atom is -0.302 e. The van der Waals surface area contributed by atoms with Crippen LogP contribution in [0.25, 0.3) is 0 Å². The van der Waals surface area contributed by atoms with Crippen LogP contribution in [0.3, 0.4) is 0 Å². The normalized spacial score (nSPS) is 10.8. The molecule has 0 aliphatic heterocycles. The van der Waals surface area contributed by atoms with E-state index in [9.17, 15) is 4.79 Å². The van der Waals surface area contributed by atoms with E-state index in [1.54, 1.807) is 30.5 Å². The number of nitrogens with zero attached hydrogens (tertiary/aromatic N) is 2. The summed E-state index contributed by atoms with van der Waals surface area (Å²) in [5.41, 5.74) is 1.82. The van der Waals surface area contributed by atoms with Crippen molar-refractivity contribution in [2.24, 2.45) is 0 Å². The van der Waals surface area contributed by atoms with Crippen LogP contribution >= 0.6 is 11.6 Å². The van der Waals surface area contributed by atoms with Crippen molar-refractivity contribution in [3.05, 3.63) is 64.9 Å². The summed E-state index contributed by atoms with van der Waals surface area (Å²) in [5, 5.41) is 0.597. The van der Waals surface area contributed by atoms with Crippen LogP contribution in [0.2, 0.25) is 5.02 Å². The number of pyridine rings is 1. The van der Waals surface area contributed by atoms with Gasteiger partial charge in [-0.05, 0) is 30.8 Å². The lowest BCUT2D eigenvalue weighted by Crippen LogP contribution is -2.21. The van der Waals surface area contributed by atoms with Gasteiger partial charge in [-0.2, -0.15) is 0 Å². The molecule has 0 atom stereocenters. The van der Waals surface area contributed by atoms with Crippen molar-refractivity contribution < 1.29 is 4.79 Å². The summed E-state index contributed by atoms with van der Waals surface area (Å²) in [4.78, 5) is 18.2. The van der Waals surface area contributed by atoms with Crippen LogP contribution in [-0.2, 0) is 6.54 Å². The van der Waals surface area contributed by atoms with Gasteiger partial charge < -0.3 is 4.90 Å². The molecular weight excluding hydrogens is 272 g/mol. The zero-order chi connectivity index (χ0) is 14.4. The van der Waals surface area contributed by atoms with Crippen LogP contribution in [0.15, 0.2) is 48.8 Å². The van der Waals surface area contributed by atoms with E-state index >= 15 is 0 Å². The van der Waals surface area contributed by atoms with Crippen LogP contribution in [0.1, 0.15) is 22.3 Å². The number of ketones is 1. The van der Waals surface area contributed by atoms with Gasteiger partial charge in [0.15, 0.2) is 5.78 Å². The van der Waals surface area contributed by atoms with E-state index in [-0.39, 0.29) is 5.78 Å². The van der Waals surface area contributed by atoms with Gasteiger partial charge in [0, 0.05) is 42.5 Å². The van der Waals surface area contributed by atoms with E-state index in [0.29, 0.717) is 23.6 Å². The highest BCUT2D eigenvalue weighted by Gasteiger charge is 2.08. The minimum absolute atomic E-state index is 0.116. The third kappa shape index (κ3) is 4.44. The molecular formula is C16H17ClN2O. The Balaban J connectivity index is 1.84. The molecule has 0 N–H and O–H groups in total. The molecule has 0 amide bonds. The van der Waals surface area contributed by atoms with Crippen molar-refractivity contribution in [2.75, 3.05) is 13.6 Å². The first-order valence-electron chi connectivity index (χ1n) is 6.51. The zero-order valence-corrected chi connectivity index (χ0v) is 12.2. The zero-order valence-electron chi connectivity index (χ0n) is 11.4. The summed E-state index contributed by atoms with van der Waals surface area (Å²) in [7, 11) is 2.00. The fourth-order valence-corrected chi connectivity index (χ4v) is 2.17. The molecule has 1 heterocycles. The number of hydrogen-bond acceptors (Lipinski definition) is 3. The van der Waals surface area contributed by atoms with Gasteiger partial charge in [0.25, 0.3) is 0 Å². The topological polar surface area (TPSA) is 33.2 Å². The molecule has 1 aromatic heterocycles. The van der Waals surface area contributed by atoms with Crippen molar-refractivity contribution in [3.63, 3.8) is 0 Å². The lowest BCUT2D eigenvalue weighted by Gasteiger charge is -2.15. The van der Waals surface area contributed by atoms with Crippen molar-refractivity contribution in [1.29, 1.82) is 0 Å². The minimum atomic E-state index is 0.116. The molecule has 0 unspecified atom stereocenters. The molecule has 0 saturated heterocycles. The second-order valence-corrected chi connectivity index (χ2v) is 5.22. The van der Waals surface area contributed by atoms with Crippen LogP contribution in [0.5, 0.6) is 0 Å². The largest absolute Gasteiger partial charge is 0.302 e. The quantitative estimate of drug-likeness (QED) is 0.764. The van der Waals surface area contributed by atoms with Gasteiger partial charge in [-0.25, -0.2) is 0 Å². The Morgan fingerprint density at radius 2 is 2.15 bits per heavy atom. The summed E-state index contributed by atoms with van der Waals surface area (Å²) in [5.74, 6) is 0.116. The van der Waals surface area contributed by atoms with Crippen molar-refractivity contribution in [1.82, 2.24) is 9.88 Å². The molecule has 0 spiro atoms. The van der Waals surface area contributed by atoms with Gasteiger partial charge in [0.05, 0.1) is 0 Å². The Morgan fingerprint density at radius 1 is 1.30 bits per heavy atom. The van der Waals surface area contributed by atoms with Crippen molar-refractivity contribution >= 4 is 17.4 Å². The molecule has 0 aliphatic rings. The highest BCUT2D eigenvalue weighted by atomic mass is 35.5. The number of halogens is 1. The molecule has 2 aromatic rings. The number of aromatic nitrogens is 1. The Hall–Kier alpha value is -1.71. The van der Waals surface area contributed by atoms with Gasteiger partial charge in [-0.1, -0.05) is 29.8 Å². The lowest BCUT2D eigenvalue weighted by atomic mass is 10.1. The number of carbonyl (C=O) groups excluding carboxylic acids is 1. The maximum absolute atomic E-state index is 12.1. The van der Waals surface area contributed by atoms with E-state index in [2.05, 4.69) is 9.88 Å². The fourth-order valence-electron chi connectivity index (χ4n) is 1.98. The van der Waals surface area contributed by atoms with E-state index in [0.717, 1.165) is 12.1 Å². The molecule has 1 aromatic carbocycles. The first-order chi connectivity index (χ1) is 9.65. The molecule has 0 radical (unpaired) electrons. The second kappa shape index (κ2) is 7.17. The van der Waals surface area contributed by atoms with Crippen molar-refractivity contribution in [3.8, 4) is 0 Å². The number of rotatable bonds is 6. The van der Waals surface area contributed by atoms with Crippen LogP contribution < -0.4 is 0 Å². The highest BCUT2D eigenvalue weighted by Crippen LogP contribution is 2.12. The summed E-state index contributed by atoms with van der Waals surface area (Å²) >= 11 is 5.89. The Kier molecular flexibility index (Phi) is 5.27. The van der Waals surface area contributed by atoms with Gasteiger partial charge in [0.2, 0.25) is 0 Å². The van der Waals surface area contributed by atoms with Crippen molar-refractivity contribution in [2.45, 2.75) is 13.0 Å². The number of benzene rings is 1. The summed E-state index contributed by atoms with van der Waals surface area (Å²) in [6.07, 6.45) is 4.08. The molecule has 3 nitrogen and oxygen atoms in total. The van der Waals surface area contributed by atoms with Gasteiger partial charge >= 0.3 is 0 Å². The average molecular weight is 289 g/mol. The average Bonchev–Trinajstić information content (AvgIpc) is 2.46. The maximum Gasteiger partial charge on any atom is 0.164 e. The van der Waals surface area contributed by atoms with E-state index < -0.39 is 0 Å². The molecule has 0 saturated carbocycles. The smallest absolute Gasteiger partial charge is 0.164 e. The highest BCUT2D eigenvalue weighted by molar-refractivity contribution is 6.31. The molecule has 2 rings (SSSR count). The van der Waals surface area contributed by atoms with Crippen LogP contribution in [-0.4, -0.2) is 29.3 Å². The monoisotopic (exact) mass is 288 g/mol. The van der Waals surface area contributed by atoms with Crippen LogP contribution in [0.4, 0.5) is 0 Å². The Morgan fingerprint density at radius 3 is 2.85 bits per heavy atom. The molecule has 104 valence electrons. The van der Waals surface area contributed by atoms with Gasteiger partial charge in [-0.3, -0.25) is 9.78 Å². The summed E-state index contributed by atoms with van der Waals surface area (Å²) in [6.45, 7) is 1.50. The molecule has 0 aliphatic carbocycles. The molecule has 0 bridgehead atoms. The second-order valence-electron chi connectivity index (χ2n) is 4.78. The maximum atomic E-state index is 12.1. The van der Waals surface area contributed by atoms with E-state index in [1.165, 1.54) is 0 Å². The predicted molar refractivity (Wildman–Crippen MR) is 81.0 cm³/mol. The number of hydrogen-bond donors (Lipinski definition) is 0. The number of Topliss-reactive ketones (excluding diaryl/α,β-unsaturated/α-hetero) is 1.